The van der Waals surface area contributed by atoms with Gasteiger partial charge in [-0.25, -0.2) is 9.37 Å². The number of hydrogen-bond donors (Lipinski definition) is 1. The maximum atomic E-state index is 12.9. The van der Waals surface area contributed by atoms with Crippen LogP contribution in [0.1, 0.15) is 0 Å². The van der Waals surface area contributed by atoms with Crippen molar-refractivity contribution in [2.75, 3.05) is 5.73 Å². The predicted molar refractivity (Wildman–Crippen MR) is 59.6 cm³/mol. The number of thiazole rings is 1. The molecule has 0 spiro atoms. The van der Waals surface area contributed by atoms with Gasteiger partial charge in [0.15, 0.2) is 0 Å². The second kappa shape index (κ2) is 3.67. The molecular formula is C9H6BrFN2S. The fourth-order valence-corrected chi connectivity index (χ4v) is 2.32. The summed E-state index contributed by atoms with van der Waals surface area (Å²) in [7, 11) is 0. The summed E-state index contributed by atoms with van der Waals surface area (Å²) in [6.07, 6.45) is 0. The molecular weight excluding hydrogens is 267 g/mol. The predicted octanol–water partition coefficient (Wildman–Crippen LogP) is 3.29. The summed E-state index contributed by atoms with van der Waals surface area (Å²) >= 11 is 4.66. The first-order valence-electron chi connectivity index (χ1n) is 3.84. The van der Waals surface area contributed by atoms with E-state index in [0.717, 1.165) is 9.35 Å². The number of halogens is 2. The zero-order valence-electron chi connectivity index (χ0n) is 7.00. The molecule has 1 aromatic heterocycles. The van der Waals surface area contributed by atoms with Gasteiger partial charge in [0.25, 0.3) is 0 Å². The largest absolute Gasteiger partial charge is 0.382 e. The Balaban J connectivity index is 2.49. The highest BCUT2D eigenvalue weighted by atomic mass is 79.9. The van der Waals surface area contributed by atoms with E-state index in [4.69, 9.17) is 5.73 Å². The number of hydrogen-bond acceptors (Lipinski definition) is 3. The first kappa shape index (κ1) is 9.61. The Morgan fingerprint density at radius 2 is 2.21 bits per heavy atom. The van der Waals surface area contributed by atoms with Crippen molar-refractivity contribution in [1.82, 2.24) is 4.98 Å². The first-order chi connectivity index (χ1) is 6.66. The molecule has 1 aromatic carbocycles. The van der Waals surface area contributed by atoms with E-state index in [2.05, 4.69) is 20.9 Å². The second-order valence-electron chi connectivity index (χ2n) is 2.69. The van der Waals surface area contributed by atoms with Crippen LogP contribution in [-0.4, -0.2) is 4.98 Å². The fourth-order valence-electron chi connectivity index (χ4n) is 1.06. The van der Waals surface area contributed by atoms with E-state index in [-0.39, 0.29) is 5.82 Å². The number of nitrogen functional groups attached to an aromatic ring is 1. The van der Waals surface area contributed by atoms with Crippen LogP contribution in [0.25, 0.3) is 10.6 Å². The van der Waals surface area contributed by atoms with Crippen molar-refractivity contribution >= 4 is 33.1 Å². The van der Waals surface area contributed by atoms with Crippen molar-refractivity contribution in [1.29, 1.82) is 0 Å². The summed E-state index contributed by atoms with van der Waals surface area (Å²) < 4.78 is 13.7. The van der Waals surface area contributed by atoms with Crippen LogP contribution < -0.4 is 5.73 Å². The highest BCUT2D eigenvalue weighted by Crippen LogP contribution is 2.33. The quantitative estimate of drug-likeness (QED) is 0.865. The van der Waals surface area contributed by atoms with E-state index in [0.29, 0.717) is 10.8 Å². The van der Waals surface area contributed by atoms with E-state index in [1.54, 1.807) is 12.1 Å². The van der Waals surface area contributed by atoms with E-state index in [1.807, 2.05) is 0 Å². The van der Waals surface area contributed by atoms with Gasteiger partial charge in [0.2, 0.25) is 0 Å². The van der Waals surface area contributed by atoms with Crippen molar-refractivity contribution in [3.05, 3.63) is 33.9 Å². The van der Waals surface area contributed by atoms with Crippen LogP contribution in [0.5, 0.6) is 0 Å². The summed E-state index contributed by atoms with van der Waals surface area (Å²) in [6.45, 7) is 0. The molecule has 0 saturated carbocycles. The number of nitrogens with zero attached hydrogens (tertiary/aromatic N) is 1. The SMILES string of the molecule is Nc1nc(-c2cccc(F)c2)sc1Br. The second-order valence-corrected chi connectivity index (χ2v) is 5.01. The molecule has 2 nitrogen and oxygen atoms in total. The van der Waals surface area contributed by atoms with E-state index in [9.17, 15) is 4.39 Å². The summed E-state index contributed by atoms with van der Waals surface area (Å²) in [5.74, 6) is 0.168. The molecule has 2 N–H and O–H groups in total. The molecule has 0 fully saturated rings. The Labute approximate surface area is 92.7 Å². The van der Waals surface area contributed by atoms with Crippen LogP contribution in [-0.2, 0) is 0 Å². The number of aromatic nitrogens is 1. The van der Waals surface area contributed by atoms with Gasteiger partial charge in [0.05, 0.1) is 0 Å². The van der Waals surface area contributed by atoms with E-state index < -0.39 is 0 Å². The zero-order valence-corrected chi connectivity index (χ0v) is 9.40. The third-order valence-electron chi connectivity index (χ3n) is 1.68. The lowest BCUT2D eigenvalue weighted by Crippen LogP contribution is -1.85. The normalized spacial score (nSPS) is 10.4. The topological polar surface area (TPSA) is 38.9 Å². The summed E-state index contributed by atoms with van der Waals surface area (Å²) in [6, 6.07) is 6.28. The fraction of sp³-hybridized carbons (Fsp3) is 0. The monoisotopic (exact) mass is 272 g/mol. The van der Waals surface area contributed by atoms with E-state index in [1.165, 1.54) is 23.5 Å². The van der Waals surface area contributed by atoms with Crippen molar-refractivity contribution in [2.24, 2.45) is 0 Å². The Kier molecular flexibility index (Phi) is 2.52. The molecule has 2 aromatic rings. The lowest BCUT2D eigenvalue weighted by Gasteiger charge is -1.94. The number of nitrogens with two attached hydrogens (primary N) is 1. The molecule has 0 aliphatic carbocycles. The van der Waals surface area contributed by atoms with Crippen LogP contribution >= 0.6 is 27.3 Å². The third-order valence-corrected chi connectivity index (χ3v) is 3.48. The average Bonchev–Trinajstić information content (AvgIpc) is 2.47. The van der Waals surface area contributed by atoms with Gasteiger partial charge in [-0.3, -0.25) is 0 Å². The molecule has 0 amide bonds. The molecule has 0 aliphatic heterocycles. The van der Waals surface area contributed by atoms with Gasteiger partial charge in [-0.1, -0.05) is 12.1 Å². The molecule has 14 heavy (non-hydrogen) atoms. The van der Waals surface area contributed by atoms with Crippen molar-refractivity contribution in [2.45, 2.75) is 0 Å². The van der Waals surface area contributed by atoms with Gasteiger partial charge in [-0.2, -0.15) is 0 Å². The summed E-state index contributed by atoms with van der Waals surface area (Å²) in [4.78, 5) is 4.10. The minimum absolute atomic E-state index is 0.271. The minimum Gasteiger partial charge on any atom is -0.382 e. The van der Waals surface area contributed by atoms with Crippen LogP contribution in [0.2, 0.25) is 0 Å². The van der Waals surface area contributed by atoms with Gasteiger partial charge in [-0.05, 0) is 28.1 Å². The molecule has 1 heterocycles. The van der Waals surface area contributed by atoms with Gasteiger partial charge >= 0.3 is 0 Å². The molecule has 5 heteroatoms. The maximum Gasteiger partial charge on any atom is 0.149 e. The maximum absolute atomic E-state index is 12.9. The molecule has 0 aliphatic rings. The van der Waals surface area contributed by atoms with Crippen LogP contribution in [0.3, 0.4) is 0 Å². The first-order valence-corrected chi connectivity index (χ1v) is 5.45. The minimum atomic E-state index is -0.271. The van der Waals surface area contributed by atoms with Crippen LogP contribution in [0.4, 0.5) is 10.2 Å². The van der Waals surface area contributed by atoms with Crippen molar-refractivity contribution < 1.29 is 4.39 Å². The Morgan fingerprint density at radius 3 is 2.79 bits per heavy atom. The molecule has 0 radical (unpaired) electrons. The molecule has 2 rings (SSSR count). The number of anilines is 1. The van der Waals surface area contributed by atoms with Crippen molar-refractivity contribution in [3.8, 4) is 10.6 Å². The average molecular weight is 273 g/mol. The summed E-state index contributed by atoms with van der Waals surface area (Å²) in [5, 5.41) is 0.717. The molecule has 72 valence electrons. The third kappa shape index (κ3) is 1.78. The van der Waals surface area contributed by atoms with Crippen molar-refractivity contribution in [3.63, 3.8) is 0 Å². The Hall–Kier alpha value is -0.940. The zero-order chi connectivity index (χ0) is 10.1. The lowest BCUT2D eigenvalue weighted by molar-refractivity contribution is 0.628. The Bertz CT molecular complexity index is 450. The Morgan fingerprint density at radius 1 is 1.43 bits per heavy atom. The molecule has 0 bridgehead atoms. The van der Waals surface area contributed by atoms with Gasteiger partial charge in [-0.15, -0.1) is 11.3 Å². The highest BCUT2D eigenvalue weighted by molar-refractivity contribution is 9.11. The molecule has 0 unspecified atom stereocenters. The standard InChI is InChI=1S/C9H6BrFN2S/c10-7-8(12)13-9(14-7)5-2-1-3-6(11)4-5/h1-4H,12H2. The highest BCUT2D eigenvalue weighted by Gasteiger charge is 2.07. The summed E-state index contributed by atoms with van der Waals surface area (Å²) in [5.41, 5.74) is 6.32. The van der Waals surface area contributed by atoms with E-state index >= 15 is 0 Å². The number of benzene rings is 1. The lowest BCUT2D eigenvalue weighted by atomic mass is 10.2. The van der Waals surface area contributed by atoms with Gasteiger partial charge in [0, 0.05) is 5.56 Å². The van der Waals surface area contributed by atoms with Crippen LogP contribution in [0.15, 0.2) is 28.1 Å². The molecule has 0 saturated heterocycles. The molecule has 0 atom stereocenters. The smallest absolute Gasteiger partial charge is 0.149 e. The number of rotatable bonds is 1. The van der Waals surface area contributed by atoms with Gasteiger partial charge < -0.3 is 5.73 Å². The van der Waals surface area contributed by atoms with Gasteiger partial charge in [0.1, 0.15) is 20.4 Å². The van der Waals surface area contributed by atoms with Crippen LogP contribution in [0, 0.1) is 5.82 Å².